The standard InChI is InChI=1S/C18H24ClN3O2/c19-17-14-15(4-7-20-17)2-3-18(23)22-9-5-16(6-10-22)21-8-1-12-24-13-11-21/h2-4,7,14,16H,1,5-6,8-13H2. The van der Waals surface area contributed by atoms with Crippen LogP contribution in [0.5, 0.6) is 0 Å². The molecule has 5 nitrogen and oxygen atoms in total. The van der Waals surface area contributed by atoms with Crippen LogP contribution in [0, 0.1) is 0 Å². The number of amides is 1. The van der Waals surface area contributed by atoms with Crippen molar-refractivity contribution in [3.63, 3.8) is 0 Å². The third-order valence-electron chi connectivity index (χ3n) is 4.72. The number of aromatic nitrogens is 1. The van der Waals surface area contributed by atoms with E-state index in [4.69, 9.17) is 16.3 Å². The molecule has 3 heterocycles. The number of piperidine rings is 1. The van der Waals surface area contributed by atoms with Crippen molar-refractivity contribution in [3.05, 3.63) is 35.1 Å². The first-order valence-electron chi connectivity index (χ1n) is 8.63. The van der Waals surface area contributed by atoms with Crippen molar-refractivity contribution in [1.82, 2.24) is 14.8 Å². The summed E-state index contributed by atoms with van der Waals surface area (Å²) in [6.07, 6.45) is 8.26. The van der Waals surface area contributed by atoms with Crippen LogP contribution in [0.2, 0.25) is 5.15 Å². The van der Waals surface area contributed by atoms with Crippen LogP contribution in [-0.2, 0) is 9.53 Å². The third-order valence-corrected chi connectivity index (χ3v) is 4.93. The fourth-order valence-corrected chi connectivity index (χ4v) is 3.56. The first kappa shape index (κ1) is 17.4. The third kappa shape index (κ3) is 4.79. The molecule has 2 saturated heterocycles. The van der Waals surface area contributed by atoms with E-state index in [0.29, 0.717) is 11.2 Å². The molecular weight excluding hydrogens is 326 g/mol. The van der Waals surface area contributed by atoms with Crippen molar-refractivity contribution in [3.8, 4) is 0 Å². The second kappa shape index (κ2) is 8.60. The Morgan fingerprint density at radius 3 is 2.88 bits per heavy atom. The van der Waals surface area contributed by atoms with Gasteiger partial charge in [0, 0.05) is 51.1 Å². The zero-order valence-corrected chi connectivity index (χ0v) is 14.6. The molecule has 2 aliphatic rings. The minimum atomic E-state index is 0.0700. The quantitative estimate of drug-likeness (QED) is 0.621. The molecule has 0 N–H and O–H groups in total. The smallest absolute Gasteiger partial charge is 0.246 e. The highest BCUT2D eigenvalue weighted by Crippen LogP contribution is 2.18. The van der Waals surface area contributed by atoms with E-state index in [1.165, 1.54) is 0 Å². The van der Waals surface area contributed by atoms with Gasteiger partial charge >= 0.3 is 0 Å². The van der Waals surface area contributed by atoms with Crippen molar-refractivity contribution in [2.75, 3.05) is 39.4 Å². The van der Waals surface area contributed by atoms with E-state index >= 15 is 0 Å². The zero-order chi connectivity index (χ0) is 16.8. The number of pyridine rings is 1. The Bertz CT molecular complexity index is 577. The molecular formula is C18H24ClN3O2. The molecule has 2 aliphatic heterocycles. The molecule has 0 aromatic carbocycles. The molecule has 0 atom stereocenters. The lowest BCUT2D eigenvalue weighted by molar-refractivity contribution is -0.127. The number of hydrogen-bond acceptors (Lipinski definition) is 4. The molecule has 24 heavy (non-hydrogen) atoms. The van der Waals surface area contributed by atoms with Gasteiger partial charge in [-0.15, -0.1) is 0 Å². The Labute approximate surface area is 148 Å². The van der Waals surface area contributed by atoms with Crippen LogP contribution in [0.3, 0.4) is 0 Å². The van der Waals surface area contributed by atoms with Gasteiger partial charge in [0.05, 0.1) is 6.61 Å². The molecule has 0 aliphatic carbocycles. The van der Waals surface area contributed by atoms with Crippen LogP contribution in [0.25, 0.3) is 6.08 Å². The van der Waals surface area contributed by atoms with E-state index in [-0.39, 0.29) is 5.91 Å². The van der Waals surface area contributed by atoms with Gasteiger partial charge in [-0.25, -0.2) is 4.98 Å². The van der Waals surface area contributed by atoms with Crippen LogP contribution in [-0.4, -0.2) is 66.1 Å². The van der Waals surface area contributed by atoms with Gasteiger partial charge in [-0.1, -0.05) is 11.6 Å². The molecule has 3 rings (SSSR count). The summed E-state index contributed by atoms with van der Waals surface area (Å²) in [6, 6.07) is 4.17. The number of likely N-dealkylation sites (tertiary alicyclic amines) is 1. The lowest BCUT2D eigenvalue weighted by atomic mass is 10.0. The van der Waals surface area contributed by atoms with E-state index in [2.05, 4.69) is 9.88 Å². The highest BCUT2D eigenvalue weighted by molar-refractivity contribution is 6.29. The van der Waals surface area contributed by atoms with Gasteiger partial charge < -0.3 is 9.64 Å². The summed E-state index contributed by atoms with van der Waals surface area (Å²) in [5.41, 5.74) is 0.891. The number of ether oxygens (including phenoxy) is 1. The van der Waals surface area contributed by atoms with Gasteiger partial charge in [0.2, 0.25) is 5.91 Å². The van der Waals surface area contributed by atoms with Crippen LogP contribution >= 0.6 is 11.6 Å². The van der Waals surface area contributed by atoms with Crippen LogP contribution < -0.4 is 0 Å². The highest BCUT2D eigenvalue weighted by atomic mass is 35.5. The van der Waals surface area contributed by atoms with Gasteiger partial charge in [0.25, 0.3) is 0 Å². The average molecular weight is 350 g/mol. The van der Waals surface area contributed by atoms with Crippen molar-refractivity contribution in [1.29, 1.82) is 0 Å². The fraction of sp³-hybridized carbons (Fsp3) is 0.556. The van der Waals surface area contributed by atoms with Gasteiger partial charge in [-0.3, -0.25) is 9.69 Å². The lowest BCUT2D eigenvalue weighted by Crippen LogP contribution is -2.47. The molecule has 0 spiro atoms. The Morgan fingerprint density at radius 1 is 1.25 bits per heavy atom. The second-order valence-corrected chi connectivity index (χ2v) is 6.69. The highest BCUT2D eigenvalue weighted by Gasteiger charge is 2.26. The van der Waals surface area contributed by atoms with Crippen LogP contribution in [0.4, 0.5) is 0 Å². The normalized spacial score (nSPS) is 21.1. The molecule has 0 saturated carbocycles. The van der Waals surface area contributed by atoms with Crippen molar-refractivity contribution < 1.29 is 9.53 Å². The predicted octanol–water partition coefficient (Wildman–Crippen LogP) is 2.46. The topological polar surface area (TPSA) is 45.7 Å². The summed E-state index contributed by atoms with van der Waals surface area (Å²) >= 11 is 5.86. The van der Waals surface area contributed by atoms with E-state index in [0.717, 1.165) is 64.2 Å². The fourth-order valence-electron chi connectivity index (χ4n) is 3.38. The van der Waals surface area contributed by atoms with E-state index in [9.17, 15) is 4.79 Å². The van der Waals surface area contributed by atoms with Crippen molar-refractivity contribution >= 4 is 23.6 Å². The summed E-state index contributed by atoms with van der Waals surface area (Å²) in [6.45, 7) is 5.47. The Balaban J connectivity index is 1.49. The van der Waals surface area contributed by atoms with Crippen molar-refractivity contribution in [2.24, 2.45) is 0 Å². The summed E-state index contributed by atoms with van der Waals surface area (Å²) in [7, 11) is 0. The largest absolute Gasteiger partial charge is 0.380 e. The van der Waals surface area contributed by atoms with Gasteiger partial charge in [0.1, 0.15) is 5.15 Å². The molecule has 0 bridgehead atoms. The number of carbonyl (C=O) groups excluding carboxylic acids is 1. The van der Waals surface area contributed by atoms with Gasteiger partial charge in [0.15, 0.2) is 0 Å². The molecule has 2 fully saturated rings. The number of halogens is 1. The molecule has 0 unspecified atom stereocenters. The maximum atomic E-state index is 12.4. The SMILES string of the molecule is O=C(C=Cc1ccnc(Cl)c1)N1CCC(N2CCCOCC2)CC1. The lowest BCUT2D eigenvalue weighted by Gasteiger charge is -2.37. The Morgan fingerprint density at radius 2 is 2.08 bits per heavy atom. The molecule has 1 amide bonds. The van der Waals surface area contributed by atoms with Crippen molar-refractivity contribution in [2.45, 2.75) is 25.3 Å². The Kier molecular flexibility index (Phi) is 6.24. The maximum absolute atomic E-state index is 12.4. The van der Waals surface area contributed by atoms with E-state index < -0.39 is 0 Å². The molecule has 0 radical (unpaired) electrons. The molecule has 6 heteroatoms. The summed E-state index contributed by atoms with van der Waals surface area (Å²) in [5.74, 6) is 0.0700. The zero-order valence-electron chi connectivity index (χ0n) is 13.9. The first-order chi connectivity index (χ1) is 11.7. The number of hydrogen-bond donors (Lipinski definition) is 0. The van der Waals surface area contributed by atoms with Crippen LogP contribution in [0.15, 0.2) is 24.4 Å². The van der Waals surface area contributed by atoms with Crippen LogP contribution in [0.1, 0.15) is 24.8 Å². The first-order valence-corrected chi connectivity index (χ1v) is 9.00. The number of rotatable bonds is 3. The predicted molar refractivity (Wildman–Crippen MR) is 94.9 cm³/mol. The summed E-state index contributed by atoms with van der Waals surface area (Å²) < 4.78 is 5.53. The second-order valence-electron chi connectivity index (χ2n) is 6.30. The van der Waals surface area contributed by atoms with Gasteiger partial charge in [-0.05, 0) is 43.0 Å². The average Bonchev–Trinajstić information content (AvgIpc) is 2.89. The number of carbonyl (C=O) groups is 1. The summed E-state index contributed by atoms with van der Waals surface area (Å²) in [4.78, 5) is 20.8. The molecule has 1 aromatic heterocycles. The minimum Gasteiger partial charge on any atom is -0.380 e. The maximum Gasteiger partial charge on any atom is 0.246 e. The Hall–Kier alpha value is -1.43. The summed E-state index contributed by atoms with van der Waals surface area (Å²) in [5, 5.41) is 0.437. The molecule has 130 valence electrons. The van der Waals surface area contributed by atoms with Gasteiger partial charge in [-0.2, -0.15) is 0 Å². The monoisotopic (exact) mass is 349 g/mol. The number of nitrogens with zero attached hydrogens (tertiary/aromatic N) is 3. The minimum absolute atomic E-state index is 0.0700. The molecule has 1 aromatic rings. The van der Waals surface area contributed by atoms with E-state index in [1.54, 1.807) is 24.4 Å². The van der Waals surface area contributed by atoms with E-state index in [1.807, 2.05) is 11.0 Å².